The zero-order valence-electron chi connectivity index (χ0n) is 29.0. The second-order valence-electron chi connectivity index (χ2n) is 14.1. The summed E-state index contributed by atoms with van der Waals surface area (Å²) in [7, 11) is 0. The van der Waals surface area contributed by atoms with E-state index in [-0.39, 0.29) is 0 Å². The fourth-order valence-electron chi connectivity index (χ4n) is 8.77. The zero-order valence-corrected chi connectivity index (χ0v) is 29.8. The lowest BCUT2D eigenvalue weighted by Crippen LogP contribution is -1.99. The first-order chi connectivity index (χ1) is 26.8. The highest BCUT2D eigenvalue weighted by atomic mass is 32.1. The van der Waals surface area contributed by atoms with E-state index >= 15 is 0 Å². The SMILES string of the molecule is c1ccc2c(c1)ccc1c2c2c3ccccc3ccc2n1-c1ccc(-c2nc(-c3ccc4sc5ccccc5c4c3)c3ccccc3n2)c2ccccc12. The van der Waals surface area contributed by atoms with E-state index in [1.165, 1.54) is 63.5 Å². The molecule has 9 aromatic carbocycles. The van der Waals surface area contributed by atoms with E-state index in [2.05, 4.69) is 180 Å². The van der Waals surface area contributed by atoms with Crippen LogP contribution in [0.15, 0.2) is 176 Å². The Bertz CT molecular complexity index is 3420. The van der Waals surface area contributed by atoms with E-state index in [0.29, 0.717) is 0 Å². The van der Waals surface area contributed by atoms with Gasteiger partial charge >= 0.3 is 0 Å². The van der Waals surface area contributed by atoms with Gasteiger partial charge in [-0.05, 0) is 75.5 Å². The van der Waals surface area contributed by atoms with Gasteiger partial charge in [-0.25, -0.2) is 9.97 Å². The molecule has 0 aliphatic carbocycles. The molecule has 0 saturated heterocycles. The van der Waals surface area contributed by atoms with Gasteiger partial charge < -0.3 is 4.57 Å². The Morgan fingerprint density at radius 1 is 0.407 bits per heavy atom. The van der Waals surface area contributed by atoms with Gasteiger partial charge in [0.2, 0.25) is 0 Å². The molecule has 0 bridgehead atoms. The molecule has 54 heavy (non-hydrogen) atoms. The molecule has 4 heteroatoms. The third-order valence-corrected chi connectivity index (χ3v) is 12.3. The number of para-hydroxylation sites is 1. The Morgan fingerprint density at radius 3 is 1.74 bits per heavy atom. The van der Waals surface area contributed by atoms with Crippen LogP contribution in [0.2, 0.25) is 0 Å². The highest BCUT2D eigenvalue weighted by molar-refractivity contribution is 7.25. The molecule has 0 unspecified atom stereocenters. The fourth-order valence-corrected chi connectivity index (χ4v) is 9.86. The maximum absolute atomic E-state index is 5.41. The largest absolute Gasteiger partial charge is 0.309 e. The van der Waals surface area contributed by atoms with Crippen molar-refractivity contribution in [2.75, 3.05) is 0 Å². The number of hydrogen-bond donors (Lipinski definition) is 0. The average Bonchev–Trinajstić information content (AvgIpc) is 3.79. The van der Waals surface area contributed by atoms with Crippen LogP contribution in [0.25, 0.3) is 114 Å². The van der Waals surface area contributed by atoms with Crippen molar-refractivity contribution < 1.29 is 0 Å². The Balaban J connectivity index is 1.12. The maximum atomic E-state index is 5.41. The molecule has 0 N–H and O–H groups in total. The van der Waals surface area contributed by atoms with Crippen LogP contribution in [-0.4, -0.2) is 14.5 Å². The summed E-state index contributed by atoms with van der Waals surface area (Å²) in [4.78, 5) is 10.6. The zero-order chi connectivity index (χ0) is 35.3. The van der Waals surface area contributed by atoms with Gasteiger partial charge in [0.25, 0.3) is 0 Å². The van der Waals surface area contributed by atoms with E-state index in [1.54, 1.807) is 0 Å². The molecular weight excluding hydrogens is 675 g/mol. The van der Waals surface area contributed by atoms with Gasteiger partial charge in [0.05, 0.1) is 27.9 Å². The third-order valence-electron chi connectivity index (χ3n) is 11.2. The minimum atomic E-state index is 0.723. The van der Waals surface area contributed by atoms with Crippen molar-refractivity contribution in [1.29, 1.82) is 0 Å². The van der Waals surface area contributed by atoms with Crippen LogP contribution < -0.4 is 0 Å². The normalized spacial score (nSPS) is 12.1. The molecule has 0 aliphatic rings. The number of rotatable bonds is 3. The van der Waals surface area contributed by atoms with Gasteiger partial charge in [0, 0.05) is 52.8 Å². The Labute approximate surface area is 314 Å². The molecule has 3 nitrogen and oxygen atoms in total. The lowest BCUT2D eigenvalue weighted by Gasteiger charge is -2.15. The quantitative estimate of drug-likeness (QED) is 0.183. The fraction of sp³-hybridized carbons (Fsp3) is 0. The first-order valence-electron chi connectivity index (χ1n) is 18.3. The topological polar surface area (TPSA) is 30.7 Å². The van der Waals surface area contributed by atoms with Crippen LogP contribution in [0, 0.1) is 0 Å². The van der Waals surface area contributed by atoms with Crippen molar-refractivity contribution in [3.63, 3.8) is 0 Å². The molecule has 3 aromatic heterocycles. The van der Waals surface area contributed by atoms with Gasteiger partial charge in [0.1, 0.15) is 0 Å². The Morgan fingerprint density at radius 2 is 1.00 bits per heavy atom. The summed E-state index contributed by atoms with van der Waals surface area (Å²) in [6.07, 6.45) is 0. The molecule has 0 aliphatic heterocycles. The average molecular weight is 704 g/mol. The molecule has 0 spiro atoms. The summed E-state index contributed by atoms with van der Waals surface area (Å²) in [5.41, 5.74) is 7.51. The number of nitrogens with zero attached hydrogens (tertiary/aromatic N) is 3. The van der Waals surface area contributed by atoms with E-state index in [1.807, 2.05) is 11.3 Å². The monoisotopic (exact) mass is 703 g/mol. The van der Waals surface area contributed by atoms with Crippen molar-refractivity contribution in [2.24, 2.45) is 0 Å². The van der Waals surface area contributed by atoms with E-state index in [0.717, 1.165) is 50.0 Å². The van der Waals surface area contributed by atoms with E-state index in [4.69, 9.17) is 9.97 Å². The highest BCUT2D eigenvalue weighted by Gasteiger charge is 2.21. The standard InChI is InChI=1S/C50H29N3S/c1-3-13-33-30(11-1)21-25-43-47(33)48-34-14-4-2-12-31(34)22-26-44(48)53(43)42-27-24-38(35-15-5-6-16-36(35)42)50-51-41-19-9-7-18-39(41)49(52-50)32-23-28-46-40(29-32)37-17-8-10-20-45(37)54-46/h1-29H. The summed E-state index contributed by atoms with van der Waals surface area (Å²) >= 11 is 1.84. The van der Waals surface area contributed by atoms with Crippen LogP contribution in [0.3, 0.4) is 0 Å². The molecule has 12 aromatic rings. The van der Waals surface area contributed by atoms with Crippen molar-refractivity contribution >= 4 is 96.5 Å². The molecule has 12 rings (SSSR count). The van der Waals surface area contributed by atoms with Crippen molar-refractivity contribution in [3.05, 3.63) is 176 Å². The minimum absolute atomic E-state index is 0.723. The molecule has 0 atom stereocenters. The number of aromatic nitrogens is 3. The number of thiophene rings is 1. The van der Waals surface area contributed by atoms with Crippen molar-refractivity contribution in [1.82, 2.24) is 14.5 Å². The van der Waals surface area contributed by atoms with Crippen LogP contribution in [0.5, 0.6) is 0 Å². The van der Waals surface area contributed by atoms with Crippen LogP contribution in [-0.2, 0) is 0 Å². The number of benzene rings is 9. The van der Waals surface area contributed by atoms with Gasteiger partial charge in [-0.2, -0.15) is 0 Å². The maximum Gasteiger partial charge on any atom is 0.161 e. The summed E-state index contributed by atoms with van der Waals surface area (Å²) in [6.45, 7) is 0. The van der Waals surface area contributed by atoms with E-state index < -0.39 is 0 Å². The van der Waals surface area contributed by atoms with Crippen LogP contribution in [0.4, 0.5) is 0 Å². The molecule has 250 valence electrons. The number of fused-ring (bicyclic) bond motifs is 12. The molecule has 0 saturated carbocycles. The summed E-state index contributed by atoms with van der Waals surface area (Å²) in [5, 5.41) is 13.4. The first kappa shape index (κ1) is 29.7. The lowest BCUT2D eigenvalue weighted by molar-refractivity contribution is 1.19. The second kappa shape index (κ2) is 11.3. The van der Waals surface area contributed by atoms with Gasteiger partial charge in [-0.3, -0.25) is 0 Å². The van der Waals surface area contributed by atoms with Gasteiger partial charge in [-0.1, -0.05) is 127 Å². The Kier molecular flexibility index (Phi) is 6.21. The van der Waals surface area contributed by atoms with Crippen molar-refractivity contribution in [2.45, 2.75) is 0 Å². The highest BCUT2D eigenvalue weighted by Crippen LogP contribution is 2.43. The van der Waals surface area contributed by atoms with Crippen molar-refractivity contribution in [3.8, 4) is 28.3 Å². The lowest BCUT2D eigenvalue weighted by atomic mass is 10.00. The molecule has 0 fully saturated rings. The van der Waals surface area contributed by atoms with Gasteiger partial charge in [-0.15, -0.1) is 11.3 Å². The Hall–Kier alpha value is -6.88. The molecule has 3 heterocycles. The van der Waals surface area contributed by atoms with Crippen LogP contribution in [0.1, 0.15) is 0 Å². The van der Waals surface area contributed by atoms with E-state index in [9.17, 15) is 0 Å². The molecular formula is C50H29N3S. The molecule has 0 radical (unpaired) electrons. The first-order valence-corrected chi connectivity index (χ1v) is 19.1. The summed E-state index contributed by atoms with van der Waals surface area (Å²) in [6, 6.07) is 63.6. The third kappa shape index (κ3) is 4.23. The van der Waals surface area contributed by atoms with Gasteiger partial charge in [0.15, 0.2) is 5.82 Å². The number of hydrogen-bond acceptors (Lipinski definition) is 3. The predicted molar refractivity (Wildman–Crippen MR) is 230 cm³/mol. The smallest absolute Gasteiger partial charge is 0.161 e. The summed E-state index contributed by atoms with van der Waals surface area (Å²) < 4.78 is 5.04. The minimum Gasteiger partial charge on any atom is -0.309 e. The predicted octanol–water partition coefficient (Wildman–Crippen LogP) is 13.9. The summed E-state index contributed by atoms with van der Waals surface area (Å²) in [5.74, 6) is 0.723. The molecule has 0 amide bonds. The van der Waals surface area contributed by atoms with Crippen LogP contribution >= 0.6 is 11.3 Å². The second-order valence-corrected chi connectivity index (χ2v) is 15.2.